The van der Waals surface area contributed by atoms with Gasteiger partial charge in [-0.2, -0.15) is 8.78 Å². The summed E-state index contributed by atoms with van der Waals surface area (Å²) in [5, 5.41) is 10.6. The van der Waals surface area contributed by atoms with Gasteiger partial charge in [0.05, 0.1) is 4.91 Å². The molecule has 0 radical (unpaired) electrons. The summed E-state index contributed by atoms with van der Waals surface area (Å²) in [6.45, 7) is -4.04. The normalized spacial score (nSPS) is 15.7. The Kier molecular flexibility index (Phi) is 6.64. The molecule has 0 atom stereocenters. The second-order valence-corrected chi connectivity index (χ2v) is 6.53. The molecule has 1 aliphatic heterocycles. The molecular weight excluding hydrogens is 390 g/mol. The number of alkyl halides is 2. The number of rotatable bonds is 7. The summed E-state index contributed by atoms with van der Waals surface area (Å²) >= 11 is 5.95. The number of aliphatic carboxylic acids is 1. The third-order valence-electron chi connectivity index (χ3n) is 3.03. The molecule has 1 saturated heterocycles. The van der Waals surface area contributed by atoms with Crippen LogP contribution in [0.25, 0.3) is 6.08 Å². The molecular formula is C15H12F2N2O5S2. The highest BCUT2D eigenvalue weighted by Crippen LogP contribution is 2.34. The average molecular weight is 402 g/mol. The number of thiocarbonyl (C=S) groups is 1. The number of para-hydroxylation sites is 1. The van der Waals surface area contributed by atoms with Crippen molar-refractivity contribution in [2.45, 2.75) is 6.61 Å². The second-order valence-electron chi connectivity index (χ2n) is 4.85. The van der Waals surface area contributed by atoms with Gasteiger partial charge in [-0.15, -0.1) is 0 Å². The monoisotopic (exact) mass is 402 g/mol. The number of hydrogen-bond donors (Lipinski definition) is 2. The minimum absolute atomic E-state index is 0.0963. The second kappa shape index (κ2) is 8.72. The minimum Gasteiger partial charge on any atom is -0.480 e. The summed E-state index contributed by atoms with van der Waals surface area (Å²) < 4.78 is 29.4. The number of amides is 2. The molecule has 1 fully saturated rings. The fourth-order valence-electron chi connectivity index (χ4n) is 1.95. The standard InChI is InChI=1S/C15H12F2N2O5S2/c16-14(17)24-9-4-2-1-3-8(9)5-10-13(23)19(15(25)26-10)7-11(20)18-6-12(21)22/h1-5,14H,6-7H2,(H,18,20)(H,21,22)/b10-5-. The lowest BCUT2D eigenvalue weighted by Crippen LogP contribution is -2.41. The average Bonchev–Trinajstić information content (AvgIpc) is 2.82. The van der Waals surface area contributed by atoms with Crippen molar-refractivity contribution in [3.05, 3.63) is 34.7 Å². The Labute approximate surface area is 156 Å². The van der Waals surface area contributed by atoms with Crippen LogP contribution in [0.5, 0.6) is 5.75 Å². The van der Waals surface area contributed by atoms with E-state index in [-0.39, 0.29) is 20.5 Å². The van der Waals surface area contributed by atoms with E-state index in [0.717, 1.165) is 16.7 Å². The molecule has 7 nitrogen and oxygen atoms in total. The Bertz CT molecular complexity index is 785. The van der Waals surface area contributed by atoms with Gasteiger partial charge in [0.2, 0.25) is 5.91 Å². The minimum atomic E-state index is -3.02. The van der Waals surface area contributed by atoms with Crippen LogP contribution in [0.3, 0.4) is 0 Å². The van der Waals surface area contributed by atoms with Crippen LogP contribution in [0, 0.1) is 0 Å². The molecule has 0 aliphatic carbocycles. The molecule has 0 unspecified atom stereocenters. The van der Waals surface area contributed by atoms with Gasteiger partial charge in [0.25, 0.3) is 5.91 Å². The molecule has 2 rings (SSSR count). The van der Waals surface area contributed by atoms with Crippen molar-refractivity contribution in [1.82, 2.24) is 10.2 Å². The van der Waals surface area contributed by atoms with Gasteiger partial charge in [-0.25, -0.2) is 0 Å². The molecule has 26 heavy (non-hydrogen) atoms. The van der Waals surface area contributed by atoms with Gasteiger partial charge >= 0.3 is 12.6 Å². The quantitative estimate of drug-likeness (QED) is 0.529. The smallest absolute Gasteiger partial charge is 0.387 e. The van der Waals surface area contributed by atoms with Crippen LogP contribution in [0.2, 0.25) is 0 Å². The Morgan fingerprint density at radius 1 is 1.38 bits per heavy atom. The van der Waals surface area contributed by atoms with Crippen molar-refractivity contribution in [2.24, 2.45) is 0 Å². The number of hydrogen-bond acceptors (Lipinski definition) is 6. The summed E-state index contributed by atoms with van der Waals surface area (Å²) in [5.74, 6) is -2.60. The maximum absolute atomic E-state index is 12.5. The first-order valence-corrected chi connectivity index (χ1v) is 8.28. The summed E-state index contributed by atoms with van der Waals surface area (Å²) in [7, 11) is 0. The lowest BCUT2D eigenvalue weighted by Gasteiger charge is -2.13. The lowest BCUT2D eigenvalue weighted by molar-refractivity contribution is -0.138. The van der Waals surface area contributed by atoms with Gasteiger partial charge in [-0.3, -0.25) is 19.3 Å². The summed E-state index contributed by atoms with van der Waals surface area (Å²) in [6.07, 6.45) is 1.34. The van der Waals surface area contributed by atoms with Crippen molar-refractivity contribution < 1.29 is 33.0 Å². The van der Waals surface area contributed by atoms with Crippen LogP contribution in [0.1, 0.15) is 5.56 Å². The van der Waals surface area contributed by atoms with Crippen molar-refractivity contribution >= 4 is 52.2 Å². The molecule has 0 spiro atoms. The fraction of sp³-hybridized carbons (Fsp3) is 0.200. The van der Waals surface area contributed by atoms with Gasteiger partial charge in [0, 0.05) is 5.56 Å². The topological polar surface area (TPSA) is 95.9 Å². The van der Waals surface area contributed by atoms with Gasteiger partial charge in [0.15, 0.2) is 0 Å². The number of carboxylic acid groups (broad SMARTS) is 1. The molecule has 1 aromatic rings. The van der Waals surface area contributed by atoms with Crippen LogP contribution in [0.4, 0.5) is 8.78 Å². The predicted molar refractivity (Wildman–Crippen MR) is 93.6 cm³/mol. The number of carbonyl (C=O) groups excluding carboxylic acids is 2. The van der Waals surface area contributed by atoms with E-state index < -0.39 is 37.5 Å². The van der Waals surface area contributed by atoms with Gasteiger partial charge < -0.3 is 15.2 Å². The van der Waals surface area contributed by atoms with E-state index in [0.29, 0.717) is 0 Å². The van der Waals surface area contributed by atoms with Crippen LogP contribution < -0.4 is 10.1 Å². The first-order chi connectivity index (χ1) is 12.3. The van der Waals surface area contributed by atoms with E-state index in [2.05, 4.69) is 10.1 Å². The molecule has 2 N–H and O–H groups in total. The number of halogens is 2. The molecule has 0 saturated carbocycles. The number of benzene rings is 1. The van der Waals surface area contributed by atoms with Gasteiger partial charge in [0.1, 0.15) is 23.2 Å². The molecule has 1 heterocycles. The van der Waals surface area contributed by atoms with Crippen molar-refractivity contribution in [3.63, 3.8) is 0 Å². The maximum atomic E-state index is 12.5. The molecule has 1 aliphatic rings. The number of thioether (sulfide) groups is 1. The zero-order chi connectivity index (χ0) is 19.3. The molecule has 0 bridgehead atoms. The highest BCUT2D eigenvalue weighted by molar-refractivity contribution is 8.26. The Hall–Kier alpha value is -2.53. The van der Waals surface area contributed by atoms with E-state index in [4.69, 9.17) is 17.3 Å². The third-order valence-corrected chi connectivity index (χ3v) is 4.41. The number of carboxylic acids is 1. The van der Waals surface area contributed by atoms with Crippen LogP contribution >= 0.6 is 24.0 Å². The molecule has 11 heteroatoms. The van der Waals surface area contributed by atoms with Crippen molar-refractivity contribution in [3.8, 4) is 5.75 Å². The van der Waals surface area contributed by atoms with E-state index in [9.17, 15) is 23.2 Å². The molecule has 1 aromatic carbocycles. The highest BCUT2D eigenvalue weighted by Gasteiger charge is 2.33. The van der Waals surface area contributed by atoms with Crippen LogP contribution in [-0.4, -0.2) is 51.8 Å². The Balaban J connectivity index is 2.14. The maximum Gasteiger partial charge on any atom is 0.387 e. The van der Waals surface area contributed by atoms with Gasteiger partial charge in [-0.1, -0.05) is 42.2 Å². The van der Waals surface area contributed by atoms with E-state index in [1.807, 2.05) is 0 Å². The van der Waals surface area contributed by atoms with E-state index in [1.165, 1.54) is 24.3 Å². The highest BCUT2D eigenvalue weighted by atomic mass is 32.2. The largest absolute Gasteiger partial charge is 0.480 e. The van der Waals surface area contributed by atoms with Gasteiger partial charge in [-0.05, 0) is 12.1 Å². The third kappa shape index (κ3) is 5.23. The lowest BCUT2D eigenvalue weighted by atomic mass is 10.2. The molecule has 0 aromatic heterocycles. The van der Waals surface area contributed by atoms with Crippen LogP contribution in [-0.2, 0) is 14.4 Å². The first kappa shape index (κ1) is 19.8. The van der Waals surface area contributed by atoms with E-state index >= 15 is 0 Å². The predicted octanol–water partition coefficient (Wildman–Crippen LogP) is 1.69. The van der Waals surface area contributed by atoms with E-state index in [1.54, 1.807) is 6.07 Å². The molecule has 138 valence electrons. The zero-order valence-corrected chi connectivity index (χ0v) is 14.6. The fourth-order valence-corrected chi connectivity index (χ4v) is 3.20. The number of nitrogens with one attached hydrogen (secondary N) is 1. The first-order valence-electron chi connectivity index (χ1n) is 7.05. The Morgan fingerprint density at radius 3 is 2.73 bits per heavy atom. The molecule has 2 amide bonds. The number of ether oxygens (including phenoxy) is 1. The van der Waals surface area contributed by atoms with Crippen LogP contribution in [0.15, 0.2) is 29.2 Å². The zero-order valence-electron chi connectivity index (χ0n) is 13.0. The summed E-state index contributed by atoms with van der Waals surface area (Å²) in [4.78, 5) is 35.6. The number of carbonyl (C=O) groups is 3. The number of nitrogens with zero attached hydrogens (tertiary/aromatic N) is 1. The van der Waals surface area contributed by atoms with Crippen molar-refractivity contribution in [1.29, 1.82) is 0 Å². The Morgan fingerprint density at radius 2 is 2.08 bits per heavy atom. The summed E-state index contributed by atoms with van der Waals surface area (Å²) in [5.41, 5.74) is 0.253. The SMILES string of the molecule is O=C(O)CNC(=O)CN1C(=O)/C(=C/c2ccccc2OC(F)F)SC1=S. The summed E-state index contributed by atoms with van der Waals surface area (Å²) in [6, 6.07) is 5.92. The van der Waals surface area contributed by atoms with Crippen molar-refractivity contribution in [2.75, 3.05) is 13.1 Å².